The highest BCUT2D eigenvalue weighted by atomic mass is 19.4. The molecule has 0 bridgehead atoms. The molecule has 0 atom stereocenters. The van der Waals surface area contributed by atoms with E-state index in [0.29, 0.717) is 5.56 Å². The topological polar surface area (TPSA) is 60.2 Å². The average Bonchev–Trinajstić information content (AvgIpc) is 3.17. The molecule has 1 aromatic heterocycles. The molecule has 1 heterocycles. The molecule has 3 rings (SSSR count). The fourth-order valence-electron chi connectivity index (χ4n) is 2.73. The summed E-state index contributed by atoms with van der Waals surface area (Å²) in [6.45, 7) is 0.0110. The molecular formula is C19H14F6N4O2. The number of benzene rings is 2. The summed E-state index contributed by atoms with van der Waals surface area (Å²) in [6.07, 6.45) is -8.36. The van der Waals surface area contributed by atoms with Gasteiger partial charge in [-0.15, -0.1) is 18.3 Å². The van der Waals surface area contributed by atoms with Crippen molar-refractivity contribution in [3.05, 3.63) is 71.5 Å². The van der Waals surface area contributed by atoms with Gasteiger partial charge in [-0.05, 0) is 29.8 Å². The molecule has 2 aromatic carbocycles. The lowest BCUT2D eigenvalue weighted by molar-refractivity contribution is -0.274. The molecule has 0 saturated heterocycles. The molecule has 1 amide bonds. The SMILES string of the molecule is CN(Cc1ccc(OC(F)(F)F)cc1)C(=O)c1cn(-c2ccccc2C(F)(F)F)nn1. The Bertz CT molecular complexity index is 1060. The highest BCUT2D eigenvalue weighted by Gasteiger charge is 2.34. The van der Waals surface area contributed by atoms with E-state index < -0.39 is 29.8 Å². The lowest BCUT2D eigenvalue weighted by atomic mass is 10.1. The minimum Gasteiger partial charge on any atom is -0.406 e. The van der Waals surface area contributed by atoms with Crippen molar-refractivity contribution in [1.82, 2.24) is 19.9 Å². The first-order chi connectivity index (χ1) is 14.4. The molecular weight excluding hydrogens is 430 g/mol. The maximum atomic E-state index is 13.2. The predicted molar refractivity (Wildman–Crippen MR) is 95.3 cm³/mol. The van der Waals surface area contributed by atoms with Gasteiger partial charge in [0, 0.05) is 13.6 Å². The maximum absolute atomic E-state index is 13.2. The van der Waals surface area contributed by atoms with Crippen LogP contribution in [-0.2, 0) is 12.7 Å². The smallest absolute Gasteiger partial charge is 0.406 e. The highest BCUT2D eigenvalue weighted by Crippen LogP contribution is 2.33. The van der Waals surface area contributed by atoms with Crippen molar-refractivity contribution < 1.29 is 35.9 Å². The van der Waals surface area contributed by atoms with E-state index in [1.807, 2.05) is 0 Å². The van der Waals surface area contributed by atoms with Crippen LogP contribution in [0.2, 0.25) is 0 Å². The number of hydrogen-bond donors (Lipinski definition) is 0. The number of nitrogens with zero attached hydrogens (tertiary/aromatic N) is 4. The van der Waals surface area contributed by atoms with E-state index in [-0.39, 0.29) is 17.9 Å². The van der Waals surface area contributed by atoms with Gasteiger partial charge in [-0.1, -0.05) is 29.5 Å². The minimum atomic E-state index is -4.81. The lowest BCUT2D eigenvalue weighted by Gasteiger charge is -2.16. The molecule has 0 unspecified atom stereocenters. The van der Waals surface area contributed by atoms with Gasteiger partial charge in [0.15, 0.2) is 5.69 Å². The van der Waals surface area contributed by atoms with Gasteiger partial charge in [0.05, 0.1) is 17.4 Å². The molecule has 0 spiro atoms. The molecule has 12 heteroatoms. The molecule has 0 radical (unpaired) electrons. The third-order valence-electron chi connectivity index (χ3n) is 4.09. The number of carbonyl (C=O) groups is 1. The van der Waals surface area contributed by atoms with Crippen LogP contribution in [0.3, 0.4) is 0 Å². The number of rotatable bonds is 5. The van der Waals surface area contributed by atoms with E-state index in [1.54, 1.807) is 0 Å². The monoisotopic (exact) mass is 444 g/mol. The fraction of sp³-hybridized carbons (Fsp3) is 0.211. The molecule has 0 aliphatic rings. The van der Waals surface area contributed by atoms with Gasteiger partial charge in [0.2, 0.25) is 0 Å². The summed E-state index contributed by atoms with van der Waals surface area (Å²) in [7, 11) is 1.41. The van der Waals surface area contributed by atoms with Gasteiger partial charge < -0.3 is 9.64 Å². The lowest BCUT2D eigenvalue weighted by Crippen LogP contribution is -2.26. The van der Waals surface area contributed by atoms with E-state index in [2.05, 4.69) is 15.0 Å². The van der Waals surface area contributed by atoms with E-state index in [9.17, 15) is 31.1 Å². The van der Waals surface area contributed by atoms with Crippen LogP contribution in [0.25, 0.3) is 5.69 Å². The summed E-state index contributed by atoms with van der Waals surface area (Å²) in [5.74, 6) is -1.04. The van der Waals surface area contributed by atoms with Crippen molar-refractivity contribution in [3.8, 4) is 11.4 Å². The molecule has 164 valence electrons. The Labute approximate surface area is 171 Å². The first-order valence-corrected chi connectivity index (χ1v) is 8.63. The van der Waals surface area contributed by atoms with Gasteiger partial charge in [-0.2, -0.15) is 13.2 Å². The average molecular weight is 444 g/mol. The van der Waals surface area contributed by atoms with Crippen LogP contribution in [0, 0.1) is 0 Å². The maximum Gasteiger partial charge on any atom is 0.573 e. The van der Waals surface area contributed by atoms with Gasteiger partial charge in [-0.3, -0.25) is 4.79 Å². The number of hydrogen-bond acceptors (Lipinski definition) is 4. The Kier molecular flexibility index (Phi) is 5.91. The Morgan fingerprint density at radius 2 is 1.68 bits per heavy atom. The number of ether oxygens (including phenoxy) is 1. The molecule has 3 aromatic rings. The van der Waals surface area contributed by atoms with Crippen molar-refractivity contribution in [3.63, 3.8) is 0 Å². The molecule has 6 nitrogen and oxygen atoms in total. The zero-order chi connectivity index (χ0) is 22.8. The van der Waals surface area contributed by atoms with Crippen LogP contribution in [0.15, 0.2) is 54.7 Å². The van der Waals surface area contributed by atoms with Crippen molar-refractivity contribution in [2.45, 2.75) is 19.1 Å². The van der Waals surface area contributed by atoms with Crippen LogP contribution >= 0.6 is 0 Å². The number of para-hydroxylation sites is 1. The molecule has 0 N–H and O–H groups in total. The van der Waals surface area contributed by atoms with Crippen LogP contribution in [0.5, 0.6) is 5.75 Å². The predicted octanol–water partition coefficient (Wildman–Crippen LogP) is 4.46. The third kappa shape index (κ3) is 5.53. The van der Waals surface area contributed by atoms with Gasteiger partial charge in [-0.25, -0.2) is 4.68 Å². The normalized spacial score (nSPS) is 12.0. The second kappa shape index (κ2) is 8.28. The third-order valence-corrected chi connectivity index (χ3v) is 4.09. The van der Waals surface area contributed by atoms with Crippen molar-refractivity contribution >= 4 is 5.91 Å². The van der Waals surface area contributed by atoms with Crippen molar-refractivity contribution in [2.75, 3.05) is 7.05 Å². The highest BCUT2D eigenvalue weighted by molar-refractivity contribution is 5.91. The Balaban J connectivity index is 1.73. The van der Waals surface area contributed by atoms with Crippen LogP contribution in [-0.4, -0.2) is 39.2 Å². The summed E-state index contributed by atoms with van der Waals surface area (Å²) in [4.78, 5) is 13.7. The zero-order valence-corrected chi connectivity index (χ0v) is 15.8. The number of halogens is 6. The molecule has 0 aliphatic carbocycles. The number of aromatic nitrogens is 3. The Hall–Kier alpha value is -3.57. The first-order valence-electron chi connectivity index (χ1n) is 8.63. The van der Waals surface area contributed by atoms with E-state index in [1.165, 1.54) is 42.3 Å². The van der Waals surface area contributed by atoms with E-state index >= 15 is 0 Å². The Morgan fingerprint density at radius 3 is 2.29 bits per heavy atom. The van der Waals surface area contributed by atoms with Crippen LogP contribution in [0.1, 0.15) is 21.6 Å². The molecule has 31 heavy (non-hydrogen) atoms. The molecule has 0 saturated carbocycles. The molecule has 0 aliphatic heterocycles. The van der Waals surface area contributed by atoms with Crippen LogP contribution < -0.4 is 4.74 Å². The van der Waals surface area contributed by atoms with Crippen LogP contribution in [0.4, 0.5) is 26.3 Å². The Morgan fingerprint density at radius 1 is 1.03 bits per heavy atom. The van der Waals surface area contributed by atoms with Gasteiger partial charge in [0.25, 0.3) is 5.91 Å². The quantitative estimate of drug-likeness (QED) is 0.546. The summed E-state index contributed by atoms with van der Waals surface area (Å²) >= 11 is 0. The first kappa shape index (κ1) is 22.1. The largest absolute Gasteiger partial charge is 0.573 e. The second-order valence-electron chi connectivity index (χ2n) is 6.42. The van der Waals surface area contributed by atoms with Crippen molar-refractivity contribution in [2.24, 2.45) is 0 Å². The zero-order valence-electron chi connectivity index (χ0n) is 15.8. The number of carbonyl (C=O) groups excluding carboxylic acids is 1. The standard InChI is InChI=1S/C19H14F6N4O2/c1-28(10-12-6-8-13(9-7-12)31-19(23,24)25)17(30)15-11-29(27-26-15)16-5-3-2-4-14(16)18(20,21)22/h2-9,11H,10H2,1H3. The van der Waals surface area contributed by atoms with Gasteiger partial charge in [0.1, 0.15) is 5.75 Å². The summed E-state index contributed by atoms with van der Waals surface area (Å²) in [5.41, 5.74) is -0.922. The summed E-state index contributed by atoms with van der Waals surface area (Å²) in [6, 6.07) is 9.61. The summed E-state index contributed by atoms with van der Waals surface area (Å²) < 4.78 is 80.8. The molecule has 0 fully saturated rings. The van der Waals surface area contributed by atoms with E-state index in [4.69, 9.17) is 0 Å². The fourth-order valence-corrected chi connectivity index (χ4v) is 2.73. The number of alkyl halides is 6. The van der Waals surface area contributed by atoms with Crippen molar-refractivity contribution in [1.29, 1.82) is 0 Å². The van der Waals surface area contributed by atoms with Gasteiger partial charge >= 0.3 is 12.5 Å². The summed E-state index contributed by atoms with van der Waals surface area (Å²) in [5, 5.41) is 7.26. The minimum absolute atomic E-state index is 0.0110. The number of amides is 1. The second-order valence-corrected chi connectivity index (χ2v) is 6.42. The van der Waals surface area contributed by atoms with E-state index in [0.717, 1.165) is 29.1 Å².